The summed E-state index contributed by atoms with van der Waals surface area (Å²) < 4.78 is 0. The van der Waals surface area contributed by atoms with Gasteiger partial charge >= 0.3 is 0 Å². The summed E-state index contributed by atoms with van der Waals surface area (Å²) in [7, 11) is 0. The Labute approximate surface area is 161 Å². The summed E-state index contributed by atoms with van der Waals surface area (Å²) in [4.78, 5) is 28.0. The van der Waals surface area contributed by atoms with Crippen LogP contribution in [0.1, 0.15) is 38.7 Å². The zero-order chi connectivity index (χ0) is 19.4. The summed E-state index contributed by atoms with van der Waals surface area (Å²) in [6.45, 7) is 7.15. The topological polar surface area (TPSA) is 72.9 Å². The molecule has 6 heteroatoms. The number of fused-ring (bicyclic) bond motifs is 1. The molecule has 2 saturated heterocycles. The van der Waals surface area contributed by atoms with Gasteiger partial charge in [-0.05, 0) is 37.0 Å². The number of likely N-dealkylation sites (tertiary alicyclic amines) is 2. The van der Waals surface area contributed by atoms with Crippen LogP contribution in [0.15, 0.2) is 24.3 Å². The third-order valence-electron chi connectivity index (χ3n) is 6.10. The molecule has 0 saturated carbocycles. The predicted molar refractivity (Wildman–Crippen MR) is 105 cm³/mol. The smallest absolute Gasteiger partial charge is 0.225 e. The number of nitrogens with one attached hydrogen (secondary N) is 1. The van der Waals surface area contributed by atoms with Crippen molar-refractivity contribution in [1.29, 1.82) is 0 Å². The number of amides is 2. The predicted octanol–water partition coefficient (Wildman–Crippen LogP) is 1.88. The van der Waals surface area contributed by atoms with E-state index in [1.807, 2.05) is 29.2 Å². The highest BCUT2D eigenvalue weighted by Crippen LogP contribution is 2.35. The van der Waals surface area contributed by atoms with E-state index in [4.69, 9.17) is 0 Å². The summed E-state index contributed by atoms with van der Waals surface area (Å²) in [5, 5.41) is 13.8. The molecule has 2 atom stereocenters. The summed E-state index contributed by atoms with van der Waals surface area (Å²) in [5.74, 6) is 0.144. The maximum absolute atomic E-state index is 12.3. The lowest BCUT2D eigenvalue weighted by atomic mass is 9.75. The van der Waals surface area contributed by atoms with E-state index >= 15 is 0 Å². The third-order valence-corrected chi connectivity index (χ3v) is 6.10. The number of anilines is 1. The number of nitrogens with zero attached hydrogens (tertiary/aromatic N) is 2. The Balaban J connectivity index is 1.48. The Morgan fingerprint density at radius 2 is 1.89 bits per heavy atom. The van der Waals surface area contributed by atoms with Gasteiger partial charge in [0, 0.05) is 57.7 Å². The number of hydrogen-bond acceptors (Lipinski definition) is 4. The van der Waals surface area contributed by atoms with Crippen LogP contribution in [0.2, 0.25) is 0 Å². The zero-order valence-electron chi connectivity index (χ0n) is 16.4. The van der Waals surface area contributed by atoms with Crippen molar-refractivity contribution < 1.29 is 14.7 Å². The largest absolute Gasteiger partial charge is 0.389 e. The molecule has 2 heterocycles. The molecular weight excluding hydrogens is 342 g/mol. The highest BCUT2D eigenvalue weighted by molar-refractivity contribution is 5.90. The molecule has 6 nitrogen and oxygen atoms in total. The normalized spacial score (nSPS) is 25.7. The molecule has 0 aromatic heterocycles. The van der Waals surface area contributed by atoms with E-state index in [9.17, 15) is 14.7 Å². The standard InChI is InChI=1S/C21H31N3O3/c1-3-17-4-6-19(7-5-17)22-20(26)8-11-23-12-9-21(27)10-13-24(16(2)25)15-18(21)14-23/h4-7,18,27H,3,8-15H2,1-2H3,(H,22,26)/t18-,21-/m1/s1. The number of aryl methyl sites for hydroxylation is 1. The SMILES string of the molecule is CCc1ccc(NC(=O)CCN2CC[C@@]3(O)CCN(C(C)=O)C[C@H]3C2)cc1. The summed E-state index contributed by atoms with van der Waals surface area (Å²) in [5.41, 5.74) is 1.42. The van der Waals surface area contributed by atoms with Gasteiger partial charge < -0.3 is 20.2 Å². The molecule has 0 unspecified atom stereocenters. The summed E-state index contributed by atoms with van der Waals surface area (Å²) in [6, 6.07) is 7.95. The first-order chi connectivity index (χ1) is 12.9. The van der Waals surface area contributed by atoms with E-state index < -0.39 is 5.60 Å². The van der Waals surface area contributed by atoms with Crippen molar-refractivity contribution in [3.05, 3.63) is 29.8 Å². The van der Waals surface area contributed by atoms with Gasteiger partial charge in [0.25, 0.3) is 0 Å². The van der Waals surface area contributed by atoms with E-state index in [-0.39, 0.29) is 17.7 Å². The molecule has 0 spiro atoms. The molecule has 148 valence electrons. The van der Waals surface area contributed by atoms with Gasteiger partial charge in [-0.15, -0.1) is 0 Å². The Hall–Kier alpha value is -1.92. The molecule has 1 aromatic rings. The second-order valence-corrected chi connectivity index (χ2v) is 7.91. The fourth-order valence-corrected chi connectivity index (χ4v) is 4.17. The molecular formula is C21H31N3O3. The zero-order valence-corrected chi connectivity index (χ0v) is 16.4. The van der Waals surface area contributed by atoms with Crippen LogP contribution in [-0.4, -0.2) is 65.0 Å². The maximum Gasteiger partial charge on any atom is 0.225 e. The highest BCUT2D eigenvalue weighted by atomic mass is 16.3. The van der Waals surface area contributed by atoms with Gasteiger partial charge in [0.2, 0.25) is 11.8 Å². The lowest BCUT2D eigenvalue weighted by Crippen LogP contribution is -2.60. The average Bonchev–Trinajstić information content (AvgIpc) is 2.66. The number of rotatable bonds is 5. The van der Waals surface area contributed by atoms with Crippen molar-refractivity contribution in [2.45, 2.75) is 45.1 Å². The summed E-state index contributed by atoms with van der Waals surface area (Å²) in [6.07, 6.45) is 2.78. The molecule has 3 rings (SSSR count). The quantitative estimate of drug-likeness (QED) is 0.827. The molecule has 1 aromatic carbocycles. The number of benzene rings is 1. The van der Waals surface area contributed by atoms with E-state index in [1.54, 1.807) is 6.92 Å². The number of hydrogen-bond donors (Lipinski definition) is 2. The molecule has 0 bridgehead atoms. The van der Waals surface area contributed by atoms with E-state index in [1.165, 1.54) is 5.56 Å². The van der Waals surface area contributed by atoms with Gasteiger partial charge in [-0.1, -0.05) is 19.1 Å². The van der Waals surface area contributed by atoms with Crippen LogP contribution in [0, 0.1) is 5.92 Å². The van der Waals surface area contributed by atoms with Crippen molar-refractivity contribution >= 4 is 17.5 Å². The van der Waals surface area contributed by atoms with Crippen molar-refractivity contribution in [1.82, 2.24) is 9.80 Å². The first-order valence-electron chi connectivity index (χ1n) is 9.98. The molecule has 2 N–H and O–H groups in total. The van der Waals surface area contributed by atoms with Crippen LogP contribution in [0.25, 0.3) is 0 Å². The minimum absolute atomic E-state index is 0.00842. The Kier molecular flexibility index (Phi) is 6.17. The van der Waals surface area contributed by atoms with Gasteiger partial charge in [-0.2, -0.15) is 0 Å². The second-order valence-electron chi connectivity index (χ2n) is 7.91. The lowest BCUT2D eigenvalue weighted by molar-refractivity contribution is -0.144. The molecule has 0 aliphatic carbocycles. The van der Waals surface area contributed by atoms with Crippen LogP contribution in [0.4, 0.5) is 5.69 Å². The van der Waals surface area contributed by atoms with Gasteiger partial charge in [0.15, 0.2) is 0 Å². The van der Waals surface area contributed by atoms with Crippen LogP contribution in [-0.2, 0) is 16.0 Å². The van der Waals surface area contributed by atoms with E-state index in [0.717, 1.165) is 25.2 Å². The number of piperidine rings is 2. The molecule has 2 aliphatic rings. The van der Waals surface area contributed by atoms with E-state index in [0.29, 0.717) is 38.9 Å². The molecule has 0 radical (unpaired) electrons. The van der Waals surface area contributed by atoms with Crippen LogP contribution >= 0.6 is 0 Å². The molecule has 2 aliphatic heterocycles. The first-order valence-corrected chi connectivity index (χ1v) is 9.98. The first kappa shape index (κ1) is 19.8. The van der Waals surface area contributed by atoms with Crippen molar-refractivity contribution in [2.75, 3.05) is 38.0 Å². The molecule has 2 amide bonds. The molecule has 2 fully saturated rings. The van der Waals surface area contributed by atoms with E-state index in [2.05, 4.69) is 17.1 Å². The maximum atomic E-state index is 12.3. The minimum atomic E-state index is -0.661. The number of carbonyl (C=O) groups excluding carboxylic acids is 2. The van der Waals surface area contributed by atoms with Gasteiger partial charge in [-0.3, -0.25) is 9.59 Å². The fourth-order valence-electron chi connectivity index (χ4n) is 4.17. The van der Waals surface area contributed by atoms with Gasteiger partial charge in [-0.25, -0.2) is 0 Å². The van der Waals surface area contributed by atoms with Crippen molar-refractivity contribution in [3.8, 4) is 0 Å². The van der Waals surface area contributed by atoms with Crippen molar-refractivity contribution in [3.63, 3.8) is 0 Å². The Morgan fingerprint density at radius 1 is 1.19 bits per heavy atom. The van der Waals surface area contributed by atoms with Crippen LogP contribution < -0.4 is 5.32 Å². The van der Waals surface area contributed by atoms with Crippen LogP contribution in [0.3, 0.4) is 0 Å². The monoisotopic (exact) mass is 373 g/mol. The third kappa shape index (κ3) is 4.87. The highest BCUT2D eigenvalue weighted by Gasteiger charge is 2.45. The second kappa shape index (κ2) is 8.40. The fraction of sp³-hybridized carbons (Fsp3) is 0.619. The van der Waals surface area contributed by atoms with Gasteiger partial charge in [0.1, 0.15) is 0 Å². The molecule has 27 heavy (non-hydrogen) atoms. The lowest BCUT2D eigenvalue weighted by Gasteiger charge is -2.50. The Bertz CT molecular complexity index is 676. The van der Waals surface area contributed by atoms with Crippen LogP contribution in [0.5, 0.6) is 0 Å². The number of carbonyl (C=O) groups is 2. The number of aliphatic hydroxyl groups is 1. The van der Waals surface area contributed by atoms with Crippen molar-refractivity contribution in [2.24, 2.45) is 5.92 Å². The van der Waals surface area contributed by atoms with Gasteiger partial charge in [0.05, 0.1) is 5.60 Å². The summed E-state index contributed by atoms with van der Waals surface area (Å²) >= 11 is 0. The Morgan fingerprint density at radius 3 is 2.56 bits per heavy atom. The average molecular weight is 373 g/mol. The minimum Gasteiger partial charge on any atom is -0.389 e.